The van der Waals surface area contributed by atoms with Crippen LogP contribution in [-0.2, 0) is 11.2 Å². The predicted molar refractivity (Wildman–Crippen MR) is 99.9 cm³/mol. The summed E-state index contributed by atoms with van der Waals surface area (Å²) in [5, 5.41) is 4.23. The first-order valence-corrected chi connectivity index (χ1v) is 9.70. The Kier molecular flexibility index (Phi) is 4.19. The molecule has 2 unspecified atom stereocenters. The summed E-state index contributed by atoms with van der Waals surface area (Å²) in [7, 11) is 2.19. The van der Waals surface area contributed by atoms with E-state index in [4.69, 9.17) is 0 Å². The Morgan fingerprint density at radius 1 is 1.33 bits per heavy atom. The van der Waals surface area contributed by atoms with Crippen LogP contribution in [0.3, 0.4) is 0 Å². The largest absolute Gasteiger partial charge is 0.308 e. The number of likely N-dealkylation sites (tertiary alicyclic amines) is 1. The molecule has 2 aliphatic rings. The normalized spacial score (nSPS) is 23.2. The second kappa shape index (κ2) is 6.34. The maximum atomic E-state index is 13.0. The van der Waals surface area contributed by atoms with Crippen molar-refractivity contribution in [3.05, 3.63) is 51.7 Å². The number of anilines is 1. The number of rotatable bonds is 3. The van der Waals surface area contributed by atoms with Crippen LogP contribution in [0.4, 0.5) is 5.69 Å². The van der Waals surface area contributed by atoms with E-state index in [0.29, 0.717) is 18.4 Å². The molecule has 1 fully saturated rings. The van der Waals surface area contributed by atoms with Gasteiger partial charge in [-0.3, -0.25) is 4.79 Å². The van der Waals surface area contributed by atoms with Crippen molar-refractivity contribution in [2.45, 2.75) is 38.1 Å². The number of hydrogen-bond acceptors (Lipinski definition) is 3. The number of hydrogen-bond donors (Lipinski definition) is 0. The Morgan fingerprint density at radius 2 is 2.21 bits per heavy atom. The Balaban J connectivity index is 1.61. The van der Waals surface area contributed by atoms with Crippen molar-refractivity contribution in [2.24, 2.45) is 0 Å². The lowest BCUT2D eigenvalue weighted by molar-refractivity contribution is -0.119. The molecule has 2 atom stereocenters. The first-order chi connectivity index (χ1) is 11.6. The van der Waals surface area contributed by atoms with E-state index in [0.717, 1.165) is 31.6 Å². The molecule has 3 nitrogen and oxygen atoms in total. The molecule has 3 heterocycles. The van der Waals surface area contributed by atoms with Crippen molar-refractivity contribution in [1.82, 2.24) is 4.90 Å². The molecule has 4 heteroatoms. The Bertz CT molecular complexity index is 740. The summed E-state index contributed by atoms with van der Waals surface area (Å²) in [4.78, 5) is 17.6. The minimum Gasteiger partial charge on any atom is -0.308 e. The standard InChI is InChI=1S/C20H24N2OS/c1-14-3-5-18-16(11-14)17-12-21(2)9-7-19(17)22(18)20(23)6-4-15-8-10-24-13-15/h3,5,8,10-11,13,17,19H,4,6-7,9,12H2,1-2H3. The third kappa shape index (κ3) is 2.78. The molecule has 24 heavy (non-hydrogen) atoms. The van der Waals surface area contributed by atoms with E-state index in [1.54, 1.807) is 11.3 Å². The predicted octanol–water partition coefficient (Wildman–Crippen LogP) is 3.82. The van der Waals surface area contributed by atoms with Crippen LogP contribution in [0.2, 0.25) is 0 Å². The monoisotopic (exact) mass is 340 g/mol. The summed E-state index contributed by atoms with van der Waals surface area (Å²) in [5.41, 5.74) is 5.08. The highest BCUT2D eigenvalue weighted by Gasteiger charge is 2.43. The number of likely N-dealkylation sites (N-methyl/N-ethyl adjacent to an activating group) is 1. The summed E-state index contributed by atoms with van der Waals surface area (Å²) in [5.74, 6) is 0.743. The number of aryl methyl sites for hydroxylation is 2. The highest BCUT2D eigenvalue weighted by Crippen LogP contribution is 2.45. The van der Waals surface area contributed by atoms with Crippen molar-refractivity contribution in [1.29, 1.82) is 0 Å². The molecule has 0 radical (unpaired) electrons. The molecule has 1 aromatic carbocycles. The Labute approximate surface area is 147 Å². The molecule has 1 saturated heterocycles. The average Bonchev–Trinajstić information content (AvgIpc) is 3.18. The highest BCUT2D eigenvalue weighted by molar-refractivity contribution is 7.07. The summed E-state index contributed by atoms with van der Waals surface area (Å²) >= 11 is 1.70. The average molecular weight is 340 g/mol. The number of carbonyl (C=O) groups excluding carboxylic acids is 1. The molecule has 2 aromatic rings. The van der Waals surface area contributed by atoms with Gasteiger partial charge in [0.2, 0.25) is 5.91 Å². The van der Waals surface area contributed by atoms with Gasteiger partial charge in [0.15, 0.2) is 0 Å². The lowest BCUT2D eigenvalue weighted by atomic mass is 9.89. The van der Waals surface area contributed by atoms with Gasteiger partial charge in [-0.25, -0.2) is 0 Å². The molecule has 0 spiro atoms. The minimum absolute atomic E-state index is 0.281. The number of benzene rings is 1. The van der Waals surface area contributed by atoms with E-state index in [9.17, 15) is 4.79 Å². The molecule has 0 bridgehead atoms. The SMILES string of the molecule is Cc1ccc2c(c1)C1CN(C)CCC1N2C(=O)CCc1ccsc1. The van der Waals surface area contributed by atoms with Gasteiger partial charge in [0.1, 0.15) is 0 Å². The van der Waals surface area contributed by atoms with Crippen molar-refractivity contribution >= 4 is 22.9 Å². The van der Waals surface area contributed by atoms with Gasteiger partial charge >= 0.3 is 0 Å². The quantitative estimate of drug-likeness (QED) is 0.848. The van der Waals surface area contributed by atoms with E-state index >= 15 is 0 Å². The number of thiophene rings is 1. The van der Waals surface area contributed by atoms with Crippen molar-refractivity contribution in [2.75, 3.05) is 25.0 Å². The fourth-order valence-electron chi connectivity index (χ4n) is 4.21. The van der Waals surface area contributed by atoms with Crippen LogP contribution >= 0.6 is 11.3 Å². The highest BCUT2D eigenvalue weighted by atomic mass is 32.1. The summed E-state index contributed by atoms with van der Waals surface area (Å²) < 4.78 is 0. The maximum Gasteiger partial charge on any atom is 0.227 e. The molecule has 1 aromatic heterocycles. The maximum absolute atomic E-state index is 13.0. The number of amides is 1. The van der Waals surface area contributed by atoms with Gasteiger partial charge in [0.25, 0.3) is 0 Å². The van der Waals surface area contributed by atoms with Crippen molar-refractivity contribution < 1.29 is 4.79 Å². The number of piperidine rings is 1. The first-order valence-electron chi connectivity index (χ1n) is 8.75. The van der Waals surface area contributed by atoms with Gasteiger partial charge in [0, 0.05) is 30.6 Å². The fourth-order valence-corrected chi connectivity index (χ4v) is 4.92. The van der Waals surface area contributed by atoms with Gasteiger partial charge in [-0.05, 0) is 67.4 Å². The van der Waals surface area contributed by atoms with Gasteiger partial charge in [-0.15, -0.1) is 0 Å². The molecule has 1 amide bonds. The van der Waals surface area contributed by atoms with E-state index in [1.165, 1.54) is 16.7 Å². The van der Waals surface area contributed by atoms with E-state index in [1.807, 2.05) is 0 Å². The summed E-state index contributed by atoms with van der Waals surface area (Å²) in [6.45, 7) is 4.26. The van der Waals surface area contributed by atoms with Gasteiger partial charge in [-0.2, -0.15) is 11.3 Å². The lowest BCUT2D eigenvalue weighted by Crippen LogP contribution is -2.47. The third-order valence-electron chi connectivity index (χ3n) is 5.43. The topological polar surface area (TPSA) is 23.6 Å². The van der Waals surface area contributed by atoms with Crippen LogP contribution in [0.15, 0.2) is 35.0 Å². The van der Waals surface area contributed by atoms with E-state index < -0.39 is 0 Å². The van der Waals surface area contributed by atoms with Crippen LogP contribution in [0.1, 0.15) is 35.4 Å². The molecular weight excluding hydrogens is 316 g/mol. The van der Waals surface area contributed by atoms with Gasteiger partial charge < -0.3 is 9.80 Å². The first kappa shape index (κ1) is 15.9. The van der Waals surface area contributed by atoms with Crippen LogP contribution in [0.25, 0.3) is 0 Å². The van der Waals surface area contributed by atoms with Crippen molar-refractivity contribution in [3.8, 4) is 0 Å². The Morgan fingerprint density at radius 3 is 3.00 bits per heavy atom. The molecule has 126 valence electrons. The number of fused-ring (bicyclic) bond motifs is 3. The second-order valence-corrected chi connectivity index (χ2v) is 7.96. The smallest absolute Gasteiger partial charge is 0.227 e. The van der Waals surface area contributed by atoms with Gasteiger partial charge in [0.05, 0.1) is 0 Å². The van der Waals surface area contributed by atoms with E-state index in [-0.39, 0.29) is 5.91 Å². The Hall–Kier alpha value is -1.65. The number of carbonyl (C=O) groups is 1. The molecule has 0 N–H and O–H groups in total. The van der Waals surface area contributed by atoms with Crippen LogP contribution in [0.5, 0.6) is 0 Å². The molecule has 0 aliphatic carbocycles. The molecular formula is C20H24N2OS. The fraction of sp³-hybridized carbons (Fsp3) is 0.450. The minimum atomic E-state index is 0.281. The van der Waals surface area contributed by atoms with Crippen LogP contribution < -0.4 is 4.90 Å². The van der Waals surface area contributed by atoms with E-state index in [2.05, 4.69) is 58.8 Å². The third-order valence-corrected chi connectivity index (χ3v) is 6.16. The molecule has 2 aliphatic heterocycles. The zero-order valence-corrected chi connectivity index (χ0v) is 15.2. The second-order valence-electron chi connectivity index (χ2n) is 7.18. The summed E-state index contributed by atoms with van der Waals surface area (Å²) in [6, 6.07) is 9.05. The molecule has 0 saturated carbocycles. The lowest BCUT2D eigenvalue weighted by Gasteiger charge is -2.36. The number of nitrogens with zero attached hydrogens (tertiary/aromatic N) is 2. The van der Waals surface area contributed by atoms with Crippen molar-refractivity contribution in [3.63, 3.8) is 0 Å². The van der Waals surface area contributed by atoms with Crippen LogP contribution in [-0.4, -0.2) is 37.0 Å². The molecule has 4 rings (SSSR count). The van der Waals surface area contributed by atoms with Crippen LogP contribution in [0, 0.1) is 6.92 Å². The summed E-state index contributed by atoms with van der Waals surface area (Å²) in [6.07, 6.45) is 2.51. The zero-order valence-electron chi connectivity index (χ0n) is 14.4. The zero-order chi connectivity index (χ0) is 16.7. The van der Waals surface area contributed by atoms with Gasteiger partial charge in [-0.1, -0.05) is 17.7 Å².